The van der Waals surface area contributed by atoms with Crippen molar-refractivity contribution in [2.45, 2.75) is 50.6 Å². The maximum absolute atomic E-state index is 3.77. The lowest BCUT2D eigenvalue weighted by molar-refractivity contribution is 0.105. The van der Waals surface area contributed by atoms with Gasteiger partial charge < -0.3 is 10.2 Å². The summed E-state index contributed by atoms with van der Waals surface area (Å²) in [6.45, 7) is 3.27. The van der Waals surface area contributed by atoms with Crippen molar-refractivity contribution < 1.29 is 0 Å². The molecule has 0 heterocycles. The van der Waals surface area contributed by atoms with Crippen LogP contribution in [0.2, 0.25) is 0 Å². The topological polar surface area (TPSA) is 15.3 Å². The van der Waals surface area contributed by atoms with Crippen molar-refractivity contribution in [2.75, 3.05) is 20.6 Å². The van der Waals surface area contributed by atoms with Crippen LogP contribution in [0.1, 0.15) is 38.2 Å². The lowest BCUT2D eigenvalue weighted by Gasteiger charge is -2.44. The largest absolute Gasteiger partial charge is 0.312 e. The molecule has 1 saturated carbocycles. The molecule has 112 valence electrons. The first kappa shape index (κ1) is 16.2. The molecule has 1 aromatic rings. The summed E-state index contributed by atoms with van der Waals surface area (Å²) in [7, 11) is 4.51. The van der Waals surface area contributed by atoms with Crippen molar-refractivity contribution in [1.29, 1.82) is 0 Å². The second kappa shape index (κ2) is 7.23. The zero-order chi connectivity index (χ0) is 14.6. The Kier molecular flexibility index (Phi) is 5.87. The molecule has 0 aliphatic heterocycles. The highest BCUT2D eigenvalue weighted by molar-refractivity contribution is 14.1. The third kappa shape index (κ3) is 3.55. The Labute approximate surface area is 137 Å². The maximum Gasteiger partial charge on any atom is 0.0359 e. The molecule has 0 bridgehead atoms. The fraction of sp³-hybridized carbons (Fsp3) is 0.647. The van der Waals surface area contributed by atoms with E-state index in [1.807, 2.05) is 0 Å². The third-order valence-corrected chi connectivity index (χ3v) is 5.53. The summed E-state index contributed by atoms with van der Waals surface area (Å²) in [6, 6.07) is 9.55. The molecule has 2 rings (SSSR count). The second-order valence-electron chi connectivity index (χ2n) is 6.15. The fourth-order valence-electron chi connectivity index (χ4n) is 3.65. The summed E-state index contributed by atoms with van der Waals surface area (Å²) in [4.78, 5) is 2.47. The summed E-state index contributed by atoms with van der Waals surface area (Å²) in [5.41, 5.74) is 1.78. The van der Waals surface area contributed by atoms with E-state index in [0.717, 1.165) is 13.0 Å². The Morgan fingerprint density at radius 1 is 1.20 bits per heavy atom. The molecule has 2 nitrogen and oxygen atoms in total. The predicted molar refractivity (Wildman–Crippen MR) is 95.2 cm³/mol. The van der Waals surface area contributed by atoms with Gasteiger partial charge in [-0.05, 0) is 80.2 Å². The average Bonchev–Trinajstić information content (AvgIpc) is 2.91. The minimum absolute atomic E-state index is 0.332. The first-order chi connectivity index (χ1) is 9.58. The zero-order valence-electron chi connectivity index (χ0n) is 13.0. The molecule has 1 aliphatic rings. The molecule has 0 amide bonds. The average molecular weight is 386 g/mol. The molecule has 1 aliphatic carbocycles. The lowest BCUT2D eigenvalue weighted by Crippen LogP contribution is -2.58. The van der Waals surface area contributed by atoms with E-state index in [-0.39, 0.29) is 0 Å². The van der Waals surface area contributed by atoms with Crippen LogP contribution in [-0.4, -0.2) is 37.1 Å². The van der Waals surface area contributed by atoms with Crippen molar-refractivity contribution in [1.82, 2.24) is 10.2 Å². The first-order valence-electron chi connectivity index (χ1n) is 7.74. The van der Waals surface area contributed by atoms with Crippen LogP contribution in [0.25, 0.3) is 0 Å². The summed E-state index contributed by atoms with van der Waals surface area (Å²) < 4.78 is 1.31. The molecule has 1 N–H and O–H groups in total. The van der Waals surface area contributed by atoms with Gasteiger partial charge in [0.2, 0.25) is 0 Å². The van der Waals surface area contributed by atoms with Gasteiger partial charge in [-0.2, -0.15) is 0 Å². The number of halogens is 1. The highest BCUT2D eigenvalue weighted by Crippen LogP contribution is 2.37. The summed E-state index contributed by atoms with van der Waals surface area (Å²) in [5.74, 6) is 0. The maximum atomic E-state index is 3.77. The Morgan fingerprint density at radius 2 is 1.80 bits per heavy atom. The summed E-state index contributed by atoms with van der Waals surface area (Å²) in [5, 5.41) is 3.77. The molecule has 1 aromatic carbocycles. The van der Waals surface area contributed by atoms with Crippen LogP contribution >= 0.6 is 22.6 Å². The van der Waals surface area contributed by atoms with Gasteiger partial charge in [0.05, 0.1) is 0 Å². The van der Waals surface area contributed by atoms with Gasteiger partial charge in [-0.15, -0.1) is 0 Å². The van der Waals surface area contributed by atoms with Gasteiger partial charge >= 0.3 is 0 Å². The monoisotopic (exact) mass is 386 g/mol. The Morgan fingerprint density at radius 3 is 2.30 bits per heavy atom. The van der Waals surface area contributed by atoms with Gasteiger partial charge in [0, 0.05) is 15.2 Å². The first-order valence-corrected chi connectivity index (χ1v) is 8.81. The van der Waals surface area contributed by atoms with Gasteiger partial charge in [-0.25, -0.2) is 0 Å². The molecular formula is C17H27IN2. The zero-order valence-corrected chi connectivity index (χ0v) is 15.1. The Bertz CT molecular complexity index is 408. The second-order valence-corrected chi connectivity index (χ2v) is 7.39. The quantitative estimate of drug-likeness (QED) is 0.751. The number of rotatable bonds is 6. The number of nitrogens with zero attached hydrogens (tertiary/aromatic N) is 1. The molecular weight excluding hydrogens is 359 g/mol. The van der Waals surface area contributed by atoms with Crippen LogP contribution in [0.4, 0.5) is 0 Å². The number of likely N-dealkylation sites (N-methyl/N-ethyl adjacent to an activating group) is 2. The van der Waals surface area contributed by atoms with Crippen molar-refractivity contribution in [3.05, 3.63) is 33.4 Å². The molecule has 20 heavy (non-hydrogen) atoms. The SMILES string of the molecule is CCNC(Cc1ccc(I)cc1)C1(N(C)C)CCCC1. The van der Waals surface area contributed by atoms with Gasteiger partial charge in [-0.1, -0.05) is 31.9 Å². The normalized spacial score (nSPS) is 19.4. The van der Waals surface area contributed by atoms with Crippen molar-refractivity contribution >= 4 is 22.6 Å². The van der Waals surface area contributed by atoms with E-state index in [9.17, 15) is 0 Å². The fourth-order valence-corrected chi connectivity index (χ4v) is 4.01. The summed E-state index contributed by atoms with van der Waals surface area (Å²) in [6.07, 6.45) is 6.51. The van der Waals surface area contributed by atoms with E-state index >= 15 is 0 Å². The van der Waals surface area contributed by atoms with Gasteiger partial charge in [0.25, 0.3) is 0 Å². The van der Waals surface area contributed by atoms with E-state index < -0.39 is 0 Å². The number of benzene rings is 1. The van der Waals surface area contributed by atoms with Crippen molar-refractivity contribution in [2.24, 2.45) is 0 Å². The van der Waals surface area contributed by atoms with E-state index in [1.54, 1.807) is 0 Å². The Hall–Kier alpha value is -0.130. The molecule has 0 radical (unpaired) electrons. The number of hydrogen-bond acceptors (Lipinski definition) is 2. The smallest absolute Gasteiger partial charge is 0.0359 e. The molecule has 0 saturated heterocycles. The van der Waals surface area contributed by atoms with Gasteiger partial charge in [-0.3, -0.25) is 0 Å². The van der Waals surface area contributed by atoms with Gasteiger partial charge in [0.1, 0.15) is 0 Å². The number of nitrogens with one attached hydrogen (secondary N) is 1. The molecule has 3 heteroatoms. The van der Waals surface area contributed by atoms with E-state index in [4.69, 9.17) is 0 Å². The highest BCUT2D eigenvalue weighted by Gasteiger charge is 2.42. The molecule has 0 aromatic heterocycles. The van der Waals surface area contributed by atoms with Crippen LogP contribution in [0, 0.1) is 3.57 Å². The van der Waals surface area contributed by atoms with Crippen LogP contribution in [-0.2, 0) is 6.42 Å². The van der Waals surface area contributed by atoms with Crippen LogP contribution in [0.5, 0.6) is 0 Å². The highest BCUT2D eigenvalue weighted by atomic mass is 127. The van der Waals surface area contributed by atoms with E-state index in [0.29, 0.717) is 11.6 Å². The summed E-state index contributed by atoms with van der Waals surface area (Å²) >= 11 is 2.37. The lowest BCUT2D eigenvalue weighted by atomic mass is 9.83. The molecule has 1 unspecified atom stereocenters. The van der Waals surface area contributed by atoms with Crippen molar-refractivity contribution in [3.63, 3.8) is 0 Å². The Balaban J connectivity index is 2.19. The van der Waals surface area contributed by atoms with Crippen molar-refractivity contribution in [3.8, 4) is 0 Å². The molecule has 0 spiro atoms. The molecule has 1 fully saturated rings. The molecule has 1 atom stereocenters. The van der Waals surface area contributed by atoms with Gasteiger partial charge in [0.15, 0.2) is 0 Å². The van der Waals surface area contributed by atoms with Crippen LogP contribution in [0.15, 0.2) is 24.3 Å². The minimum atomic E-state index is 0.332. The van der Waals surface area contributed by atoms with E-state index in [1.165, 1.54) is 34.8 Å². The third-order valence-electron chi connectivity index (χ3n) is 4.81. The predicted octanol–water partition coefficient (Wildman–Crippen LogP) is 3.69. The number of hydrogen-bond donors (Lipinski definition) is 1. The minimum Gasteiger partial charge on any atom is -0.312 e. The van der Waals surface area contributed by atoms with Crippen LogP contribution in [0.3, 0.4) is 0 Å². The van der Waals surface area contributed by atoms with Crippen LogP contribution < -0.4 is 5.32 Å². The standard InChI is InChI=1S/C17H27IN2/c1-4-19-16(13-14-7-9-15(18)10-8-14)17(20(2)3)11-5-6-12-17/h7-10,16,19H,4-6,11-13H2,1-3H3. The van der Waals surface area contributed by atoms with E-state index in [2.05, 4.69) is 78.1 Å².